The number of nitrogens with zero attached hydrogens (tertiary/aromatic N) is 4. The largest absolute Gasteiger partial charge is 0.354 e. The molecule has 0 saturated carbocycles. The van der Waals surface area contributed by atoms with Crippen molar-refractivity contribution in [2.45, 2.75) is 50.2 Å². The summed E-state index contributed by atoms with van der Waals surface area (Å²) in [5.41, 5.74) is 1.46. The Bertz CT molecular complexity index is 1320. The third kappa shape index (κ3) is 4.52. The summed E-state index contributed by atoms with van der Waals surface area (Å²) in [6.07, 6.45) is 1.01. The van der Waals surface area contributed by atoms with Crippen molar-refractivity contribution < 1.29 is 9.18 Å². The van der Waals surface area contributed by atoms with Crippen molar-refractivity contribution in [1.82, 2.24) is 24.5 Å². The molecule has 0 spiro atoms. The number of carbonyl (C=O) groups is 1. The summed E-state index contributed by atoms with van der Waals surface area (Å²) in [7, 11) is 0. The van der Waals surface area contributed by atoms with Crippen LogP contribution in [0.2, 0.25) is 0 Å². The van der Waals surface area contributed by atoms with Crippen LogP contribution in [0, 0.1) is 5.82 Å². The van der Waals surface area contributed by atoms with Gasteiger partial charge in [0.1, 0.15) is 5.82 Å². The zero-order valence-corrected chi connectivity index (χ0v) is 18.7. The van der Waals surface area contributed by atoms with Gasteiger partial charge in [0, 0.05) is 24.8 Å². The van der Waals surface area contributed by atoms with Crippen molar-refractivity contribution in [2.75, 3.05) is 0 Å². The van der Waals surface area contributed by atoms with E-state index in [1.54, 1.807) is 18.2 Å². The molecule has 0 unspecified atom stereocenters. The smallest absolute Gasteiger partial charge is 0.262 e. The Morgan fingerprint density at radius 2 is 1.91 bits per heavy atom. The first kappa shape index (κ1) is 22.0. The van der Waals surface area contributed by atoms with Gasteiger partial charge in [-0.1, -0.05) is 43.0 Å². The second kappa shape index (κ2) is 9.52. The van der Waals surface area contributed by atoms with Crippen LogP contribution in [-0.4, -0.2) is 31.1 Å². The molecule has 0 radical (unpaired) electrons. The molecule has 0 aliphatic heterocycles. The highest BCUT2D eigenvalue weighted by atomic mass is 32.2. The van der Waals surface area contributed by atoms with E-state index < -0.39 is 0 Å². The SMILES string of the molecule is CC[C@@H](C)NC(=O)CCn1c(=O)c2ccccc2n2c(SCc3ccc(F)cc3)nnc12. The molecule has 2 aromatic heterocycles. The lowest BCUT2D eigenvalue weighted by Gasteiger charge is -2.13. The highest BCUT2D eigenvalue weighted by Gasteiger charge is 2.17. The number of carbonyl (C=O) groups excluding carboxylic acids is 1. The van der Waals surface area contributed by atoms with Crippen LogP contribution < -0.4 is 10.9 Å². The quantitative estimate of drug-likeness (QED) is 0.411. The van der Waals surface area contributed by atoms with E-state index in [0.717, 1.165) is 12.0 Å². The summed E-state index contributed by atoms with van der Waals surface area (Å²) in [6, 6.07) is 13.7. The molecule has 0 bridgehead atoms. The van der Waals surface area contributed by atoms with E-state index in [4.69, 9.17) is 0 Å². The zero-order chi connectivity index (χ0) is 22.7. The second-order valence-electron chi connectivity index (χ2n) is 7.63. The van der Waals surface area contributed by atoms with Crippen LogP contribution in [0.15, 0.2) is 58.5 Å². The summed E-state index contributed by atoms with van der Waals surface area (Å²) in [5.74, 6) is 0.583. The van der Waals surface area contributed by atoms with Crippen LogP contribution in [0.4, 0.5) is 4.39 Å². The molecule has 166 valence electrons. The Morgan fingerprint density at radius 3 is 2.66 bits per heavy atom. The van der Waals surface area contributed by atoms with Gasteiger partial charge in [-0.15, -0.1) is 10.2 Å². The Labute approximate surface area is 188 Å². The Kier molecular flexibility index (Phi) is 6.55. The van der Waals surface area contributed by atoms with Gasteiger partial charge in [-0.05, 0) is 43.2 Å². The molecule has 0 saturated heterocycles. The van der Waals surface area contributed by atoms with E-state index in [2.05, 4.69) is 15.5 Å². The molecule has 1 amide bonds. The number of fused-ring (bicyclic) bond motifs is 3. The third-order valence-corrected chi connectivity index (χ3v) is 6.34. The molecule has 0 aliphatic carbocycles. The first-order valence-electron chi connectivity index (χ1n) is 10.5. The Morgan fingerprint density at radius 1 is 1.16 bits per heavy atom. The Balaban J connectivity index is 1.69. The van der Waals surface area contributed by atoms with E-state index in [-0.39, 0.29) is 36.3 Å². The van der Waals surface area contributed by atoms with E-state index in [1.807, 2.05) is 36.4 Å². The molecule has 2 aromatic carbocycles. The number of para-hydroxylation sites is 1. The number of hydrogen-bond donors (Lipinski definition) is 1. The normalized spacial score (nSPS) is 12.3. The number of aryl methyl sites for hydroxylation is 1. The summed E-state index contributed by atoms with van der Waals surface area (Å²) in [6.45, 7) is 4.15. The van der Waals surface area contributed by atoms with E-state index in [1.165, 1.54) is 28.5 Å². The molecule has 4 rings (SSSR count). The van der Waals surface area contributed by atoms with Gasteiger partial charge >= 0.3 is 0 Å². The Hall–Kier alpha value is -3.20. The maximum Gasteiger partial charge on any atom is 0.262 e. The number of nitrogens with one attached hydrogen (secondary N) is 1. The van der Waals surface area contributed by atoms with Crippen LogP contribution in [0.5, 0.6) is 0 Å². The molecule has 1 N–H and O–H groups in total. The standard InChI is InChI=1S/C23H24FN5O2S/c1-3-15(2)25-20(30)12-13-28-21(31)18-6-4-5-7-19(18)29-22(28)26-27-23(29)32-14-16-8-10-17(24)11-9-16/h4-11,15H,3,12-14H2,1-2H3,(H,25,30)/t15-/m1/s1. The fourth-order valence-electron chi connectivity index (χ4n) is 3.42. The molecule has 1 atom stereocenters. The first-order valence-corrected chi connectivity index (χ1v) is 11.5. The van der Waals surface area contributed by atoms with Crippen LogP contribution in [-0.2, 0) is 17.1 Å². The van der Waals surface area contributed by atoms with Crippen molar-refractivity contribution in [3.05, 3.63) is 70.3 Å². The van der Waals surface area contributed by atoms with Crippen LogP contribution >= 0.6 is 11.8 Å². The lowest BCUT2D eigenvalue weighted by molar-refractivity contribution is -0.121. The number of hydrogen-bond acceptors (Lipinski definition) is 5. The molecule has 0 aliphatic rings. The van der Waals surface area contributed by atoms with E-state index in [0.29, 0.717) is 27.6 Å². The molecule has 7 nitrogen and oxygen atoms in total. The molecule has 4 aromatic rings. The highest BCUT2D eigenvalue weighted by Crippen LogP contribution is 2.24. The summed E-state index contributed by atoms with van der Waals surface area (Å²) in [4.78, 5) is 25.4. The van der Waals surface area contributed by atoms with E-state index in [9.17, 15) is 14.0 Å². The molecule has 32 heavy (non-hydrogen) atoms. The zero-order valence-electron chi connectivity index (χ0n) is 17.9. The van der Waals surface area contributed by atoms with Crippen molar-refractivity contribution in [3.8, 4) is 0 Å². The lowest BCUT2D eigenvalue weighted by atomic mass is 10.2. The van der Waals surface area contributed by atoms with Crippen LogP contribution in [0.1, 0.15) is 32.3 Å². The van der Waals surface area contributed by atoms with Crippen LogP contribution in [0.25, 0.3) is 16.7 Å². The minimum Gasteiger partial charge on any atom is -0.354 e. The highest BCUT2D eigenvalue weighted by molar-refractivity contribution is 7.98. The summed E-state index contributed by atoms with van der Waals surface area (Å²) in [5, 5.41) is 12.7. The molecule has 0 fully saturated rings. The van der Waals surface area contributed by atoms with Crippen molar-refractivity contribution in [2.24, 2.45) is 0 Å². The fraction of sp³-hybridized carbons (Fsp3) is 0.304. The monoisotopic (exact) mass is 453 g/mol. The average molecular weight is 454 g/mol. The van der Waals surface area contributed by atoms with Gasteiger partial charge in [0.2, 0.25) is 11.7 Å². The predicted molar refractivity (Wildman–Crippen MR) is 123 cm³/mol. The topological polar surface area (TPSA) is 81.3 Å². The minimum atomic E-state index is -0.279. The molecule has 2 heterocycles. The van der Waals surface area contributed by atoms with Crippen LogP contribution in [0.3, 0.4) is 0 Å². The van der Waals surface area contributed by atoms with Crippen molar-refractivity contribution >= 4 is 34.3 Å². The second-order valence-corrected chi connectivity index (χ2v) is 8.58. The van der Waals surface area contributed by atoms with Gasteiger partial charge in [-0.25, -0.2) is 4.39 Å². The van der Waals surface area contributed by atoms with E-state index >= 15 is 0 Å². The number of amides is 1. The molecular weight excluding hydrogens is 429 g/mol. The van der Waals surface area contributed by atoms with Gasteiger partial charge in [0.05, 0.1) is 10.9 Å². The van der Waals surface area contributed by atoms with Gasteiger partial charge in [0.25, 0.3) is 5.56 Å². The molecular formula is C23H24FN5O2S. The number of benzene rings is 2. The van der Waals surface area contributed by atoms with Gasteiger partial charge in [-0.2, -0.15) is 0 Å². The minimum absolute atomic E-state index is 0.0819. The number of rotatable bonds is 8. The van der Waals surface area contributed by atoms with Crippen molar-refractivity contribution in [1.29, 1.82) is 0 Å². The van der Waals surface area contributed by atoms with Gasteiger partial charge < -0.3 is 5.32 Å². The summed E-state index contributed by atoms with van der Waals surface area (Å²) >= 11 is 1.45. The third-order valence-electron chi connectivity index (χ3n) is 5.34. The number of halogens is 1. The maximum atomic E-state index is 13.2. The maximum absolute atomic E-state index is 13.2. The number of aromatic nitrogens is 4. The molecule has 9 heteroatoms. The predicted octanol–water partition coefficient (Wildman–Crippen LogP) is 3.78. The average Bonchev–Trinajstić information content (AvgIpc) is 3.22. The lowest BCUT2D eigenvalue weighted by Crippen LogP contribution is -2.33. The van der Waals surface area contributed by atoms with Crippen molar-refractivity contribution in [3.63, 3.8) is 0 Å². The number of thioether (sulfide) groups is 1. The van der Waals surface area contributed by atoms with Gasteiger partial charge in [0.15, 0.2) is 5.16 Å². The van der Waals surface area contributed by atoms with Gasteiger partial charge in [-0.3, -0.25) is 18.6 Å². The fourth-order valence-corrected chi connectivity index (χ4v) is 4.32. The summed E-state index contributed by atoms with van der Waals surface area (Å²) < 4.78 is 16.5. The first-order chi connectivity index (χ1) is 15.5.